The van der Waals surface area contributed by atoms with Gasteiger partial charge in [0.2, 0.25) is 0 Å². The molecule has 0 saturated carbocycles. The minimum Gasteiger partial charge on any atom is -0.499 e. The zero-order valence-electron chi connectivity index (χ0n) is 34.5. The summed E-state index contributed by atoms with van der Waals surface area (Å²) >= 11 is 0. The molecule has 5 aromatic heterocycles. The van der Waals surface area contributed by atoms with Crippen molar-refractivity contribution in [1.29, 1.82) is 0 Å². The summed E-state index contributed by atoms with van der Waals surface area (Å²) in [5, 5.41) is 6.06. The van der Waals surface area contributed by atoms with Gasteiger partial charge < -0.3 is 14.0 Å². The van der Waals surface area contributed by atoms with E-state index < -0.39 is 8.07 Å². The standard InChI is InChI=1S/C28H23N4O.C22H26NSi.Ir/c1-17(2)23-14-24-25(15-30-23)32(16-19-8-5-4-6-9-19)28(31-24)22-11-7-10-20-21-12-13-29-18(3)26(21)33-27(20)22;1-16(2)12-20-14-21(23-15-22(20)24(3,4)5)19-11-10-17-8-6-7-9-18(17)13-19;/h4-10,12-15,17H,16H2,1-3H3;6-10,13-16H,12H2,1-5H3;/q2*-1;. The molecular weight excluding hydrogens is 907 g/mol. The second-order valence-electron chi connectivity index (χ2n) is 16.8. The van der Waals surface area contributed by atoms with E-state index in [-0.39, 0.29) is 20.1 Å². The molecule has 295 valence electrons. The van der Waals surface area contributed by atoms with Gasteiger partial charge in [0.15, 0.2) is 0 Å². The molecule has 9 rings (SSSR count). The van der Waals surface area contributed by atoms with Crippen molar-refractivity contribution in [1.82, 2.24) is 24.5 Å². The first-order valence-electron chi connectivity index (χ1n) is 19.9. The topological polar surface area (TPSA) is 69.6 Å². The second-order valence-corrected chi connectivity index (χ2v) is 21.8. The average molecular weight is 956 g/mol. The van der Waals surface area contributed by atoms with Crippen LogP contribution in [0.15, 0.2) is 120 Å². The quantitative estimate of drug-likeness (QED) is 0.112. The normalized spacial score (nSPS) is 11.8. The fourth-order valence-corrected chi connectivity index (χ4v) is 9.23. The molecule has 8 heteroatoms. The van der Waals surface area contributed by atoms with Gasteiger partial charge in [-0.15, -0.1) is 47.3 Å². The van der Waals surface area contributed by atoms with Crippen molar-refractivity contribution in [2.24, 2.45) is 5.92 Å². The molecule has 0 N–H and O–H groups in total. The third-order valence-electron chi connectivity index (χ3n) is 10.6. The van der Waals surface area contributed by atoms with Crippen molar-refractivity contribution in [2.75, 3.05) is 0 Å². The number of hydrogen-bond donors (Lipinski definition) is 0. The Morgan fingerprint density at radius 1 is 0.776 bits per heavy atom. The number of imidazole rings is 1. The molecule has 0 aliphatic carbocycles. The zero-order valence-corrected chi connectivity index (χ0v) is 37.9. The molecule has 0 amide bonds. The van der Waals surface area contributed by atoms with Gasteiger partial charge >= 0.3 is 0 Å². The van der Waals surface area contributed by atoms with Crippen LogP contribution in [-0.4, -0.2) is 32.6 Å². The Bertz CT molecular complexity index is 2870. The van der Waals surface area contributed by atoms with Crippen LogP contribution in [-0.2, 0) is 33.1 Å². The predicted molar refractivity (Wildman–Crippen MR) is 239 cm³/mol. The van der Waals surface area contributed by atoms with E-state index in [9.17, 15) is 0 Å². The Kier molecular flexibility index (Phi) is 11.9. The summed E-state index contributed by atoms with van der Waals surface area (Å²) in [4.78, 5) is 19.0. The molecule has 0 bridgehead atoms. The number of pyridine rings is 3. The first-order valence-corrected chi connectivity index (χ1v) is 23.4. The van der Waals surface area contributed by atoms with Gasteiger partial charge in [-0.05, 0) is 53.8 Å². The van der Waals surface area contributed by atoms with Crippen LogP contribution in [0.5, 0.6) is 0 Å². The van der Waals surface area contributed by atoms with Crippen LogP contribution in [0, 0.1) is 25.0 Å². The van der Waals surface area contributed by atoms with Gasteiger partial charge in [0.25, 0.3) is 0 Å². The van der Waals surface area contributed by atoms with Gasteiger partial charge in [-0.1, -0.05) is 130 Å². The fourth-order valence-electron chi connectivity index (χ4n) is 7.64. The first-order chi connectivity index (χ1) is 27.4. The molecule has 0 spiro atoms. The molecule has 9 aromatic rings. The Labute approximate surface area is 356 Å². The summed E-state index contributed by atoms with van der Waals surface area (Å²) in [5.41, 5.74) is 11.1. The number of fused-ring (bicyclic) bond motifs is 5. The molecule has 0 atom stereocenters. The largest absolute Gasteiger partial charge is 0.499 e. The zero-order chi connectivity index (χ0) is 39.8. The molecule has 6 nitrogen and oxygen atoms in total. The Morgan fingerprint density at radius 3 is 2.26 bits per heavy atom. The van der Waals surface area contributed by atoms with Gasteiger partial charge in [-0.2, -0.15) is 0 Å². The predicted octanol–water partition coefficient (Wildman–Crippen LogP) is 12.1. The van der Waals surface area contributed by atoms with Crippen LogP contribution >= 0.6 is 0 Å². The second kappa shape index (κ2) is 16.9. The molecule has 1 radical (unpaired) electrons. The van der Waals surface area contributed by atoms with Crippen LogP contribution in [0.1, 0.15) is 56.1 Å². The van der Waals surface area contributed by atoms with Crippen molar-refractivity contribution >= 4 is 57.0 Å². The van der Waals surface area contributed by atoms with Crippen LogP contribution in [0.25, 0.3) is 66.4 Å². The number of aryl methyl sites for hydroxylation is 1. The molecule has 0 aliphatic heterocycles. The number of benzene rings is 4. The average Bonchev–Trinajstić information content (AvgIpc) is 3.76. The van der Waals surface area contributed by atoms with E-state index in [0.29, 0.717) is 18.4 Å². The first kappa shape index (κ1) is 40.9. The third kappa shape index (κ3) is 8.33. The third-order valence-corrected chi connectivity index (χ3v) is 12.6. The number of furan rings is 1. The van der Waals surface area contributed by atoms with Crippen molar-refractivity contribution in [3.05, 3.63) is 150 Å². The fraction of sp³-hybridized carbons (Fsp3) is 0.240. The van der Waals surface area contributed by atoms with Crippen LogP contribution < -0.4 is 5.19 Å². The van der Waals surface area contributed by atoms with Crippen molar-refractivity contribution in [3.8, 4) is 22.6 Å². The molecule has 0 unspecified atom stereocenters. The minimum absolute atomic E-state index is 0. The van der Waals surface area contributed by atoms with Crippen molar-refractivity contribution < 1.29 is 24.5 Å². The molecular formula is C50H49IrN5OSi-2. The number of aromatic nitrogens is 5. The molecule has 58 heavy (non-hydrogen) atoms. The van der Waals surface area contributed by atoms with E-state index in [1.807, 2.05) is 43.6 Å². The maximum Gasteiger partial charge on any atom is 0.142 e. The van der Waals surface area contributed by atoms with Crippen LogP contribution in [0.4, 0.5) is 0 Å². The minimum atomic E-state index is -1.38. The number of rotatable bonds is 8. The molecule has 0 aliphatic rings. The van der Waals surface area contributed by atoms with Gasteiger partial charge in [-0.25, -0.2) is 0 Å². The Hall–Kier alpha value is -5.27. The van der Waals surface area contributed by atoms with Crippen LogP contribution in [0.2, 0.25) is 19.6 Å². The summed E-state index contributed by atoms with van der Waals surface area (Å²) in [6.45, 7) is 18.7. The Balaban J connectivity index is 0.000000183. The summed E-state index contributed by atoms with van der Waals surface area (Å²) in [7, 11) is -1.38. The van der Waals surface area contributed by atoms with E-state index in [1.54, 1.807) is 0 Å². The number of hydrogen-bond acceptors (Lipinski definition) is 5. The van der Waals surface area contributed by atoms with Crippen molar-refractivity contribution in [3.63, 3.8) is 0 Å². The van der Waals surface area contributed by atoms with Gasteiger partial charge in [0, 0.05) is 50.1 Å². The maximum atomic E-state index is 6.37. The monoisotopic (exact) mass is 956 g/mol. The summed E-state index contributed by atoms with van der Waals surface area (Å²) in [5.74, 6) is 1.81. The van der Waals surface area contributed by atoms with Crippen molar-refractivity contribution in [2.45, 2.75) is 73.1 Å². The maximum absolute atomic E-state index is 6.37. The summed E-state index contributed by atoms with van der Waals surface area (Å²) < 4.78 is 8.58. The molecule has 5 heterocycles. The smallest absolute Gasteiger partial charge is 0.142 e. The van der Waals surface area contributed by atoms with E-state index in [1.165, 1.54) is 27.1 Å². The summed E-state index contributed by atoms with van der Waals surface area (Å²) in [6.07, 6.45) is 7.01. The van der Waals surface area contributed by atoms with E-state index in [0.717, 1.165) is 73.4 Å². The summed E-state index contributed by atoms with van der Waals surface area (Å²) in [6, 6.07) is 40.3. The van der Waals surface area contributed by atoms with E-state index in [2.05, 4.69) is 148 Å². The SMILES string of the molecule is CC(C)Cc1cc(-c2[c-]cc3ccccc3c2)ncc1[Si](C)(C)C.Cc1nccc2c1oc1c(-c3nc4cc(C(C)C)ncc4n3Cc3ccccc3)[c-]ccc12.[Ir]. The van der Waals surface area contributed by atoms with Gasteiger partial charge in [0.05, 0.1) is 42.4 Å². The molecule has 0 fully saturated rings. The molecule has 0 saturated heterocycles. The van der Waals surface area contributed by atoms with Gasteiger partial charge in [-0.3, -0.25) is 15.0 Å². The van der Waals surface area contributed by atoms with Crippen LogP contribution in [0.3, 0.4) is 0 Å². The molecule has 4 aromatic carbocycles. The number of nitrogens with zero attached hydrogens (tertiary/aromatic N) is 5. The van der Waals surface area contributed by atoms with Gasteiger partial charge in [0.1, 0.15) is 5.58 Å². The Morgan fingerprint density at radius 2 is 1.52 bits per heavy atom. The van der Waals surface area contributed by atoms with E-state index in [4.69, 9.17) is 19.4 Å². The van der Waals surface area contributed by atoms with E-state index >= 15 is 0 Å².